The molecule has 0 aliphatic rings. The summed E-state index contributed by atoms with van der Waals surface area (Å²) < 4.78 is 5.16. The van der Waals surface area contributed by atoms with Crippen LogP contribution in [0.4, 0.5) is 5.13 Å². The van der Waals surface area contributed by atoms with Gasteiger partial charge in [-0.25, -0.2) is 0 Å². The number of nitrogens with zero attached hydrogens (tertiary/aromatic N) is 2. The van der Waals surface area contributed by atoms with Crippen LogP contribution >= 0.6 is 11.3 Å². The van der Waals surface area contributed by atoms with Crippen LogP contribution in [0.1, 0.15) is 17.7 Å². The molecule has 90 valence electrons. The maximum absolute atomic E-state index is 10.4. The minimum atomic E-state index is -0.767. The van der Waals surface area contributed by atoms with Crippen molar-refractivity contribution in [3.05, 3.63) is 4.88 Å². The van der Waals surface area contributed by atoms with Gasteiger partial charge in [-0.2, -0.15) is 4.98 Å². The van der Waals surface area contributed by atoms with Gasteiger partial charge in [0.25, 0.3) is 0 Å². The molecule has 6 heteroatoms. The molecule has 0 spiro atoms. The van der Waals surface area contributed by atoms with E-state index in [9.17, 15) is 4.79 Å². The highest BCUT2D eigenvalue weighted by atomic mass is 32.1. The highest BCUT2D eigenvalue weighted by Crippen LogP contribution is 2.31. The lowest BCUT2D eigenvalue weighted by atomic mass is 10.2. The van der Waals surface area contributed by atoms with Gasteiger partial charge in [0.05, 0.1) is 12.0 Å². The van der Waals surface area contributed by atoms with Gasteiger partial charge in [0, 0.05) is 20.5 Å². The summed E-state index contributed by atoms with van der Waals surface area (Å²) in [7, 11) is 5.41. The first kappa shape index (κ1) is 12.8. The Morgan fingerprint density at radius 3 is 2.75 bits per heavy atom. The number of aromatic nitrogens is 1. The minimum Gasteiger partial charge on any atom is -0.481 e. The molecule has 0 saturated heterocycles. The van der Waals surface area contributed by atoms with Gasteiger partial charge in [-0.3, -0.25) is 4.79 Å². The molecule has 16 heavy (non-hydrogen) atoms. The van der Waals surface area contributed by atoms with E-state index in [-0.39, 0.29) is 6.42 Å². The van der Waals surface area contributed by atoms with E-state index < -0.39 is 5.97 Å². The molecule has 0 radical (unpaired) electrons. The van der Waals surface area contributed by atoms with E-state index in [2.05, 4.69) is 4.98 Å². The van der Waals surface area contributed by atoms with Crippen molar-refractivity contribution >= 4 is 22.4 Å². The predicted molar refractivity (Wildman–Crippen MR) is 63.6 cm³/mol. The van der Waals surface area contributed by atoms with E-state index in [1.807, 2.05) is 19.0 Å². The number of aryl methyl sites for hydroxylation is 1. The Kier molecular flexibility index (Phi) is 4.54. The van der Waals surface area contributed by atoms with Crippen LogP contribution in [0.25, 0.3) is 0 Å². The molecule has 0 amide bonds. The molecule has 0 aromatic carbocycles. The molecule has 0 unspecified atom stereocenters. The molecule has 0 fully saturated rings. The van der Waals surface area contributed by atoms with Crippen LogP contribution in [0.5, 0.6) is 5.88 Å². The molecule has 1 heterocycles. The number of rotatable bonds is 6. The lowest BCUT2D eigenvalue weighted by molar-refractivity contribution is -0.137. The van der Waals surface area contributed by atoms with Crippen LogP contribution in [0.15, 0.2) is 0 Å². The summed E-state index contributed by atoms with van der Waals surface area (Å²) in [6.45, 7) is 0. The van der Waals surface area contributed by atoms with Gasteiger partial charge in [0.15, 0.2) is 5.13 Å². The monoisotopic (exact) mass is 244 g/mol. The largest absolute Gasteiger partial charge is 0.481 e. The molecule has 1 rings (SSSR count). The standard InChI is InChI=1S/C10H16N2O3S/c1-12(2)10-11-9(15-3)7(16-10)5-4-6-8(13)14/h4-6H2,1-3H3,(H,13,14). The number of carbonyl (C=O) groups is 1. The van der Waals surface area contributed by atoms with Gasteiger partial charge in [0.1, 0.15) is 0 Å². The number of aliphatic carboxylic acids is 1. The smallest absolute Gasteiger partial charge is 0.303 e. The Balaban J connectivity index is 2.66. The molecule has 0 bridgehead atoms. The van der Waals surface area contributed by atoms with Crippen LogP contribution < -0.4 is 9.64 Å². The molecule has 0 saturated carbocycles. The van der Waals surface area contributed by atoms with Crippen molar-refractivity contribution in [1.29, 1.82) is 0 Å². The summed E-state index contributed by atoms with van der Waals surface area (Å²) in [6, 6.07) is 0. The van der Waals surface area contributed by atoms with Gasteiger partial charge in [-0.15, -0.1) is 0 Å². The first-order chi connectivity index (χ1) is 7.54. The fourth-order valence-electron chi connectivity index (χ4n) is 1.23. The number of thiazole rings is 1. The molecule has 0 atom stereocenters. The number of hydrogen-bond acceptors (Lipinski definition) is 5. The summed E-state index contributed by atoms with van der Waals surface area (Å²) in [5.41, 5.74) is 0. The summed E-state index contributed by atoms with van der Waals surface area (Å²) in [5, 5.41) is 9.44. The molecule has 1 aromatic heterocycles. The summed E-state index contributed by atoms with van der Waals surface area (Å²) in [5.74, 6) is -0.157. The SMILES string of the molecule is COc1nc(N(C)C)sc1CCCC(=O)O. The van der Waals surface area contributed by atoms with Crippen molar-refractivity contribution in [3.63, 3.8) is 0 Å². The van der Waals surface area contributed by atoms with E-state index >= 15 is 0 Å². The number of ether oxygens (including phenoxy) is 1. The number of carboxylic acids is 1. The van der Waals surface area contributed by atoms with Crippen molar-refractivity contribution in [2.24, 2.45) is 0 Å². The van der Waals surface area contributed by atoms with Crippen molar-refractivity contribution < 1.29 is 14.6 Å². The summed E-state index contributed by atoms with van der Waals surface area (Å²) in [4.78, 5) is 17.6. The third kappa shape index (κ3) is 3.37. The Hall–Kier alpha value is -1.30. The fraction of sp³-hybridized carbons (Fsp3) is 0.600. The van der Waals surface area contributed by atoms with Crippen molar-refractivity contribution in [2.45, 2.75) is 19.3 Å². The zero-order valence-electron chi connectivity index (χ0n) is 9.69. The Labute approximate surface area is 98.7 Å². The molecule has 1 N–H and O–H groups in total. The van der Waals surface area contributed by atoms with E-state index in [0.29, 0.717) is 18.7 Å². The first-order valence-electron chi connectivity index (χ1n) is 4.97. The molecule has 5 nitrogen and oxygen atoms in total. The molecular formula is C10H16N2O3S. The maximum Gasteiger partial charge on any atom is 0.303 e. The number of anilines is 1. The number of methoxy groups -OCH3 is 1. The van der Waals surface area contributed by atoms with Gasteiger partial charge >= 0.3 is 5.97 Å². The second-order valence-electron chi connectivity index (χ2n) is 3.57. The second kappa shape index (κ2) is 5.69. The maximum atomic E-state index is 10.4. The van der Waals surface area contributed by atoms with Gasteiger partial charge in [-0.1, -0.05) is 11.3 Å². The summed E-state index contributed by atoms with van der Waals surface area (Å²) in [6.07, 6.45) is 1.49. The van der Waals surface area contributed by atoms with Gasteiger partial charge in [0.2, 0.25) is 5.88 Å². The molecule has 0 aliphatic heterocycles. The molecular weight excluding hydrogens is 228 g/mol. The summed E-state index contributed by atoms with van der Waals surface area (Å²) >= 11 is 1.54. The van der Waals surface area contributed by atoms with Crippen LogP contribution in [0.2, 0.25) is 0 Å². The Morgan fingerprint density at radius 1 is 1.56 bits per heavy atom. The van der Waals surface area contributed by atoms with Crippen molar-refractivity contribution in [3.8, 4) is 5.88 Å². The van der Waals surface area contributed by atoms with E-state index in [4.69, 9.17) is 9.84 Å². The number of hydrogen-bond donors (Lipinski definition) is 1. The van der Waals surface area contributed by atoms with Crippen LogP contribution in [0, 0.1) is 0 Å². The Morgan fingerprint density at radius 2 is 2.25 bits per heavy atom. The minimum absolute atomic E-state index is 0.179. The second-order valence-corrected chi connectivity index (χ2v) is 4.63. The van der Waals surface area contributed by atoms with E-state index in [0.717, 1.165) is 10.0 Å². The van der Waals surface area contributed by atoms with Gasteiger partial charge < -0.3 is 14.7 Å². The predicted octanol–water partition coefficient (Wildman–Crippen LogP) is 1.62. The molecule has 0 aliphatic carbocycles. The lowest BCUT2D eigenvalue weighted by Gasteiger charge is -2.04. The third-order valence-corrected chi connectivity index (χ3v) is 3.28. The first-order valence-corrected chi connectivity index (χ1v) is 5.79. The van der Waals surface area contributed by atoms with Crippen molar-refractivity contribution in [2.75, 3.05) is 26.1 Å². The van der Waals surface area contributed by atoms with E-state index in [1.54, 1.807) is 18.4 Å². The van der Waals surface area contributed by atoms with Crippen LogP contribution in [-0.4, -0.2) is 37.3 Å². The van der Waals surface area contributed by atoms with E-state index in [1.165, 1.54) is 0 Å². The fourth-order valence-corrected chi connectivity index (χ4v) is 2.23. The van der Waals surface area contributed by atoms with Gasteiger partial charge in [-0.05, 0) is 12.8 Å². The normalized spacial score (nSPS) is 10.2. The van der Waals surface area contributed by atoms with Crippen molar-refractivity contribution in [1.82, 2.24) is 4.98 Å². The zero-order valence-corrected chi connectivity index (χ0v) is 10.5. The van der Waals surface area contributed by atoms with Crippen LogP contribution in [-0.2, 0) is 11.2 Å². The van der Waals surface area contributed by atoms with Crippen LogP contribution in [0.3, 0.4) is 0 Å². The number of carboxylic acid groups (broad SMARTS) is 1. The highest BCUT2D eigenvalue weighted by molar-refractivity contribution is 7.15. The zero-order chi connectivity index (χ0) is 12.1. The average molecular weight is 244 g/mol. The lowest BCUT2D eigenvalue weighted by Crippen LogP contribution is -2.07. The molecule has 1 aromatic rings. The average Bonchev–Trinajstić information content (AvgIpc) is 2.60. The quantitative estimate of drug-likeness (QED) is 0.824. The highest BCUT2D eigenvalue weighted by Gasteiger charge is 2.13. The Bertz CT molecular complexity index is 363. The third-order valence-electron chi connectivity index (χ3n) is 2.02. The topological polar surface area (TPSA) is 62.7 Å².